The lowest BCUT2D eigenvalue weighted by molar-refractivity contribution is -0.117. The number of ether oxygens (including phenoxy) is 2. The minimum Gasteiger partial charge on any atom is -0.491 e. The Bertz CT molecular complexity index is 2460. The molecule has 0 spiro atoms. The van der Waals surface area contributed by atoms with Crippen LogP contribution in [0.1, 0.15) is 51.2 Å². The number of aryl methyl sites for hydroxylation is 2. The van der Waals surface area contributed by atoms with Gasteiger partial charge in [-0.3, -0.25) is 19.1 Å². The maximum Gasteiger partial charge on any atom is 0.228 e. The van der Waals surface area contributed by atoms with Crippen molar-refractivity contribution in [3.8, 4) is 21.9 Å². The van der Waals surface area contributed by atoms with Crippen LogP contribution in [-0.4, -0.2) is 63.6 Å². The number of aliphatic imine (C=N–C) groups is 1. The predicted molar refractivity (Wildman–Crippen MR) is 220 cm³/mol. The second-order valence-corrected chi connectivity index (χ2v) is 15.2. The van der Waals surface area contributed by atoms with Crippen molar-refractivity contribution in [2.45, 2.75) is 39.7 Å². The van der Waals surface area contributed by atoms with E-state index < -0.39 is 6.04 Å². The van der Waals surface area contributed by atoms with Gasteiger partial charge in [0.05, 0.1) is 31.8 Å². The molecule has 0 aliphatic carbocycles. The van der Waals surface area contributed by atoms with Crippen molar-refractivity contribution in [2.24, 2.45) is 4.99 Å². The number of aromatic nitrogens is 4. The number of hydrogen-bond donors (Lipinski definition) is 3. The van der Waals surface area contributed by atoms with E-state index in [9.17, 15) is 9.59 Å². The van der Waals surface area contributed by atoms with Crippen LogP contribution >= 0.6 is 22.9 Å². The first-order valence-corrected chi connectivity index (χ1v) is 19.5. The Morgan fingerprint density at radius 3 is 2.61 bits per heavy atom. The van der Waals surface area contributed by atoms with E-state index in [4.69, 9.17) is 26.1 Å². The van der Waals surface area contributed by atoms with Gasteiger partial charge in [0.25, 0.3) is 0 Å². The second kappa shape index (κ2) is 16.1. The molecule has 1 unspecified atom stereocenters. The largest absolute Gasteiger partial charge is 0.491 e. The molecule has 3 aromatic carbocycles. The summed E-state index contributed by atoms with van der Waals surface area (Å²) in [6.07, 6.45) is 2.20. The third-order valence-corrected chi connectivity index (χ3v) is 11.2. The lowest BCUT2D eigenvalue weighted by Crippen LogP contribution is -2.17. The van der Waals surface area contributed by atoms with E-state index in [1.54, 1.807) is 17.5 Å². The van der Waals surface area contributed by atoms with Gasteiger partial charge in [-0.1, -0.05) is 29.8 Å². The highest BCUT2D eigenvalue weighted by atomic mass is 35.5. The number of pyridine rings is 1. The van der Waals surface area contributed by atoms with Crippen molar-refractivity contribution in [1.82, 2.24) is 19.7 Å². The van der Waals surface area contributed by atoms with E-state index in [2.05, 4.69) is 45.0 Å². The molecule has 8 rings (SSSR count). The van der Waals surface area contributed by atoms with Gasteiger partial charge in [0.15, 0.2) is 5.82 Å². The topological polar surface area (TPSA) is 145 Å². The van der Waals surface area contributed by atoms with Crippen LogP contribution in [-0.2, 0) is 20.7 Å². The fourth-order valence-corrected chi connectivity index (χ4v) is 8.23. The van der Waals surface area contributed by atoms with E-state index in [-0.39, 0.29) is 18.2 Å². The zero-order chi connectivity index (χ0) is 38.8. The second-order valence-electron chi connectivity index (χ2n) is 13.6. The maximum atomic E-state index is 13.5. The standard InChI is InChI=1S/C42H39ClN8O4S/c1-24-25(2)56-42-38(24)39(27-6-9-30(43)10-7-27)48-35(41-50-49-26(3)51(41)42)23-37(53)46-31-11-13-32(14-12-31)55-20-19-54-18-17-45-40-33(5-4-16-44-40)28-8-15-34-29(21-28)22-36(52)47-34/h4-16,21,35H,17-20,22-23H2,1-3H3,(H,44,45)(H,46,53)(H,47,52). The monoisotopic (exact) mass is 786 g/mol. The maximum absolute atomic E-state index is 13.5. The van der Waals surface area contributed by atoms with Crippen molar-refractivity contribution in [3.63, 3.8) is 0 Å². The lowest BCUT2D eigenvalue weighted by Gasteiger charge is -2.14. The first-order valence-electron chi connectivity index (χ1n) is 18.3. The summed E-state index contributed by atoms with van der Waals surface area (Å²) in [6, 6.07) is 24.2. The fraction of sp³-hybridized carbons (Fsp3) is 0.238. The van der Waals surface area contributed by atoms with E-state index >= 15 is 0 Å². The average molecular weight is 787 g/mol. The number of anilines is 3. The molecule has 0 bridgehead atoms. The van der Waals surface area contributed by atoms with Crippen LogP contribution < -0.4 is 20.7 Å². The quantitative estimate of drug-likeness (QED) is 0.100. The molecule has 14 heteroatoms. The molecule has 6 aromatic rings. The first kappa shape index (κ1) is 37.1. The number of carbonyl (C=O) groups is 2. The van der Waals surface area contributed by atoms with E-state index in [1.165, 1.54) is 4.88 Å². The van der Waals surface area contributed by atoms with E-state index in [0.717, 1.165) is 61.4 Å². The Labute approximate surface area is 333 Å². The highest BCUT2D eigenvalue weighted by Crippen LogP contribution is 2.40. The highest BCUT2D eigenvalue weighted by molar-refractivity contribution is 7.15. The van der Waals surface area contributed by atoms with Crippen LogP contribution in [0, 0.1) is 20.8 Å². The summed E-state index contributed by atoms with van der Waals surface area (Å²) in [5.41, 5.74) is 8.31. The number of thiophene rings is 1. The molecule has 0 saturated heterocycles. The number of hydrogen-bond acceptors (Lipinski definition) is 10. The zero-order valence-corrected chi connectivity index (χ0v) is 32.6. The number of rotatable bonds is 13. The number of carbonyl (C=O) groups excluding carboxylic acids is 2. The Kier molecular flexibility index (Phi) is 10.6. The number of halogens is 1. The average Bonchev–Trinajstić information content (AvgIpc) is 3.83. The summed E-state index contributed by atoms with van der Waals surface area (Å²) in [5, 5.41) is 19.8. The molecule has 3 aromatic heterocycles. The van der Waals surface area contributed by atoms with Crippen molar-refractivity contribution in [1.29, 1.82) is 0 Å². The van der Waals surface area contributed by atoms with Crippen LogP contribution in [0.4, 0.5) is 17.2 Å². The fourth-order valence-electron chi connectivity index (χ4n) is 6.89. The molecular formula is C42H39ClN8O4S. The molecule has 2 aliphatic heterocycles. The molecule has 3 N–H and O–H groups in total. The third-order valence-electron chi connectivity index (χ3n) is 9.76. The smallest absolute Gasteiger partial charge is 0.228 e. The molecule has 1 atom stereocenters. The van der Waals surface area contributed by atoms with Crippen LogP contribution in [0.25, 0.3) is 16.1 Å². The predicted octanol–water partition coefficient (Wildman–Crippen LogP) is 7.89. The van der Waals surface area contributed by atoms with Gasteiger partial charge in [-0.25, -0.2) is 4.98 Å². The molecule has 5 heterocycles. The number of nitrogens with one attached hydrogen (secondary N) is 3. The van der Waals surface area contributed by atoms with Gasteiger partial charge < -0.3 is 25.4 Å². The van der Waals surface area contributed by atoms with Gasteiger partial charge in [0.1, 0.15) is 35.0 Å². The van der Waals surface area contributed by atoms with Gasteiger partial charge in [0.2, 0.25) is 11.8 Å². The summed E-state index contributed by atoms with van der Waals surface area (Å²) < 4.78 is 13.7. The number of amides is 2. The van der Waals surface area contributed by atoms with Crippen molar-refractivity contribution < 1.29 is 19.1 Å². The van der Waals surface area contributed by atoms with Crippen LogP contribution in [0.2, 0.25) is 5.02 Å². The summed E-state index contributed by atoms with van der Waals surface area (Å²) in [5.74, 6) is 2.59. The Hall–Kier alpha value is -5.89. The molecule has 56 heavy (non-hydrogen) atoms. The Balaban J connectivity index is 0.837. The molecule has 12 nitrogen and oxygen atoms in total. The first-order chi connectivity index (χ1) is 27.2. The summed E-state index contributed by atoms with van der Waals surface area (Å²) in [7, 11) is 0. The third kappa shape index (κ3) is 7.79. The van der Waals surface area contributed by atoms with E-state index in [0.29, 0.717) is 55.1 Å². The molecule has 2 aliphatic rings. The number of fused-ring (bicyclic) bond motifs is 4. The molecule has 0 radical (unpaired) electrons. The van der Waals surface area contributed by atoms with Crippen LogP contribution in [0.5, 0.6) is 5.75 Å². The minimum absolute atomic E-state index is 0.0108. The summed E-state index contributed by atoms with van der Waals surface area (Å²) >= 11 is 7.91. The van der Waals surface area contributed by atoms with E-state index in [1.807, 2.05) is 90.4 Å². The van der Waals surface area contributed by atoms with Crippen molar-refractivity contribution >= 4 is 57.7 Å². The zero-order valence-electron chi connectivity index (χ0n) is 31.1. The summed E-state index contributed by atoms with van der Waals surface area (Å²) in [4.78, 5) is 36.2. The Morgan fingerprint density at radius 1 is 0.982 bits per heavy atom. The van der Waals surface area contributed by atoms with Crippen LogP contribution in [0.15, 0.2) is 90.1 Å². The van der Waals surface area contributed by atoms with Gasteiger partial charge in [-0.05, 0) is 98.1 Å². The van der Waals surface area contributed by atoms with Gasteiger partial charge in [-0.15, -0.1) is 21.5 Å². The lowest BCUT2D eigenvalue weighted by atomic mass is 9.99. The Morgan fingerprint density at radius 2 is 1.79 bits per heavy atom. The van der Waals surface area contributed by atoms with Crippen molar-refractivity contribution in [3.05, 3.63) is 129 Å². The normalized spacial score (nSPS) is 14.2. The molecule has 2 amide bonds. The van der Waals surface area contributed by atoms with Crippen LogP contribution in [0.3, 0.4) is 0 Å². The summed E-state index contributed by atoms with van der Waals surface area (Å²) in [6.45, 7) is 7.90. The van der Waals surface area contributed by atoms with Gasteiger partial charge in [0, 0.05) is 50.7 Å². The van der Waals surface area contributed by atoms with Gasteiger partial charge >= 0.3 is 0 Å². The highest BCUT2D eigenvalue weighted by Gasteiger charge is 2.32. The number of nitrogens with zero attached hydrogens (tertiary/aromatic N) is 5. The van der Waals surface area contributed by atoms with Gasteiger partial charge in [-0.2, -0.15) is 0 Å². The minimum atomic E-state index is -0.569. The SMILES string of the molecule is Cc1sc2c(c1C)C(c1ccc(Cl)cc1)=NC(CC(=O)Nc1ccc(OCCOCCNc3ncccc3-c3ccc4c(c3)CC(=O)N4)cc1)c1nnc(C)n1-2. The number of benzene rings is 3. The van der Waals surface area contributed by atoms with Crippen molar-refractivity contribution in [2.75, 3.05) is 42.3 Å². The molecule has 0 fully saturated rings. The molecule has 284 valence electrons. The molecule has 0 saturated carbocycles. The molecular weight excluding hydrogens is 748 g/mol.